The van der Waals surface area contributed by atoms with Crippen molar-refractivity contribution in [3.63, 3.8) is 0 Å². The van der Waals surface area contributed by atoms with Crippen LogP contribution < -0.4 is 0 Å². The number of nitro benzene ring substituents is 1. The summed E-state index contributed by atoms with van der Waals surface area (Å²) >= 11 is 1.37. The summed E-state index contributed by atoms with van der Waals surface area (Å²) in [5, 5.41) is 20.0. The van der Waals surface area contributed by atoms with Gasteiger partial charge in [0.2, 0.25) is 0 Å². The highest BCUT2D eigenvalue weighted by molar-refractivity contribution is 7.99. The zero-order valence-corrected chi connectivity index (χ0v) is 13.5. The standard InChI is InChI=1S/C17H13NO5S/c1-9(17(20)21)10-2-4-16-13(7-10)14(19)8-11-6-12(18(22)23)3-5-15(11)24-16/h2-7,9H,8H2,1H3,(H,20,21). The summed E-state index contributed by atoms with van der Waals surface area (Å²) in [5.74, 6) is -1.83. The number of rotatable bonds is 3. The molecule has 24 heavy (non-hydrogen) atoms. The first-order valence-electron chi connectivity index (χ1n) is 7.22. The third-order valence-electron chi connectivity index (χ3n) is 4.00. The molecule has 3 rings (SSSR count). The van der Waals surface area contributed by atoms with E-state index in [1.807, 2.05) is 0 Å². The second kappa shape index (κ2) is 6.09. The van der Waals surface area contributed by atoms with Gasteiger partial charge < -0.3 is 5.11 Å². The number of hydrogen-bond donors (Lipinski definition) is 1. The van der Waals surface area contributed by atoms with Crippen molar-refractivity contribution in [3.8, 4) is 0 Å². The molecule has 1 aliphatic heterocycles. The van der Waals surface area contributed by atoms with Crippen LogP contribution in [0, 0.1) is 10.1 Å². The van der Waals surface area contributed by atoms with Crippen LogP contribution in [0.1, 0.15) is 34.3 Å². The van der Waals surface area contributed by atoms with Gasteiger partial charge in [0.1, 0.15) is 0 Å². The SMILES string of the molecule is CC(C(=O)O)c1ccc2c(c1)C(=O)Cc1cc([N+](=O)[O-])ccc1S2. The first-order chi connectivity index (χ1) is 11.4. The summed E-state index contributed by atoms with van der Waals surface area (Å²) in [4.78, 5) is 35.7. The number of non-ortho nitro benzene ring substituents is 1. The number of aliphatic carboxylic acids is 1. The Morgan fingerprint density at radius 2 is 1.96 bits per heavy atom. The van der Waals surface area contributed by atoms with Crippen LogP contribution in [0.15, 0.2) is 46.2 Å². The van der Waals surface area contributed by atoms with Gasteiger partial charge in [0, 0.05) is 33.9 Å². The minimum atomic E-state index is -0.956. The Hall–Kier alpha value is -2.67. The molecule has 1 unspecified atom stereocenters. The van der Waals surface area contributed by atoms with E-state index < -0.39 is 16.8 Å². The molecule has 122 valence electrons. The molecule has 1 N–H and O–H groups in total. The van der Waals surface area contributed by atoms with Crippen LogP contribution in [-0.4, -0.2) is 21.8 Å². The van der Waals surface area contributed by atoms with Gasteiger partial charge in [0.05, 0.1) is 10.8 Å². The third kappa shape index (κ3) is 2.90. The van der Waals surface area contributed by atoms with Gasteiger partial charge in [0.15, 0.2) is 5.78 Å². The third-order valence-corrected chi connectivity index (χ3v) is 5.19. The number of hydrogen-bond acceptors (Lipinski definition) is 5. The number of nitrogens with zero attached hydrogens (tertiary/aromatic N) is 1. The maximum atomic E-state index is 12.6. The van der Waals surface area contributed by atoms with Crippen LogP contribution in [0.3, 0.4) is 0 Å². The van der Waals surface area contributed by atoms with Crippen LogP contribution in [0.25, 0.3) is 0 Å². The number of carboxylic acids is 1. The Labute approximate surface area is 141 Å². The van der Waals surface area contributed by atoms with Crippen molar-refractivity contribution in [1.29, 1.82) is 0 Å². The van der Waals surface area contributed by atoms with Crippen molar-refractivity contribution in [2.24, 2.45) is 0 Å². The number of nitro groups is 1. The Morgan fingerprint density at radius 1 is 1.25 bits per heavy atom. The summed E-state index contributed by atoms with van der Waals surface area (Å²) in [6.45, 7) is 1.57. The molecule has 0 saturated heterocycles. The van der Waals surface area contributed by atoms with Crippen LogP contribution in [0.5, 0.6) is 0 Å². The predicted octanol–water partition coefficient (Wildman–Crippen LogP) is 3.67. The van der Waals surface area contributed by atoms with E-state index in [-0.39, 0.29) is 17.9 Å². The van der Waals surface area contributed by atoms with E-state index in [1.165, 1.54) is 23.9 Å². The molecule has 2 aromatic rings. The van der Waals surface area contributed by atoms with Crippen molar-refractivity contribution in [2.75, 3.05) is 0 Å². The highest BCUT2D eigenvalue weighted by atomic mass is 32.2. The van der Waals surface area contributed by atoms with Gasteiger partial charge in [-0.1, -0.05) is 17.8 Å². The molecule has 0 aliphatic carbocycles. The van der Waals surface area contributed by atoms with Gasteiger partial charge >= 0.3 is 5.97 Å². The average molecular weight is 343 g/mol. The smallest absolute Gasteiger partial charge is 0.310 e. The van der Waals surface area contributed by atoms with Crippen molar-refractivity contribution in [3.05, 3.63) is 63.2 Å². The lowest BCUT2D eigenvalue weighted by Crippen LogP contribution is -2.10. The first kappa shape index (κ1) is 16.2. The molecule has 0 fully saturated rings. The zero-order chi connectivity index (χ0) is 17.4. The molecular weight excluding hydrogens is 330 g/mol. The first-order valence-corrected chi connectivity index (χ1v) is 8.03. The minimum Gasteiger partial charge on any atom is -0.481 e. The van der Waals surface area contributed by atoms with E-state index in [2.05, 4.69) is 0 Å². The molecule has 1 heterocycles. The van der Waals surface area contributed by atoms with Gasteiger partial charge in [-0.2, -0.15) is 0 Å². The quantitative estimate of drug-likeness (QED) is 0.674. The van der Waals surface area contributed by atoms with Crippen LogP contribution in [0.2, 0.25) is 0 Å². The number of carbonyl (C=O) groups excluding carboxylic acids is 1. The highest BCUT2D eigenvalue weighted by Gasteiger charge is 2.24. The number of benzene rings is 2. The molecule has 0 bridgehead atoms. The Morgan fingerprint density at radius 3 is 2.62 bits per heavy atom. The molecule has 1 aliphatic rings. The molecule has 0 aromatic heterocycles. The fourth-order valence-electron chi connectivity index (χ4n) is 2.57. The van der Waals surface area contributed by atoms with Gasteiger partial charge in [-0.05, 0) is 36.2 Å². The lowest BCUT2D eigenvalue weighted by atomic mass is 9.96. The zero-order valence-electron chi connectivity index (χ0n) is 12.7. The molecular formula is C17H13NO5S. The number of ketones is 1. The monoisotopic (exact) mass is 343 g/mol. The van der Waals surface area contributed by atoms with Gasteiger partial charge in [-0.3, -0.25) is 19.7 Å². The van der Waals surface area contributed by atoms with Crippen LogP contribution >= 0.6 is 11.8 Å². The molecule has 0 radical (unpaired) electrons. The number of Topliss-reactive ketones (excluding diaryl/α,β-unsaturated/α-hetero) is 1. The largest absolute Gasteiger partial charge is 0.481 e. The van der Waals surface area contributed by atoms with Crippen molar-refractivity contribution >= 4 is 29.2 Å². The van der Waals surface area contributed by atoms with Crippen molar-refractivity contribution in [1.82, 2.24) is 0 Å². The number of fused-ring (bicyclic) bond motifs is 2. The van der Waals surface area contributed by atoms with Crippen molar-refractivity contribution < 1.29 is 19.6 Å². The average Bonchev–Trinajstić information content (AvgIpc) is 2.68. The van der Waals surface area contributed by atoms with Gasteiger partial charge in [-0.25, -0.2) is 0 Å². The molecule has 2 aromatic carbocycles. The van der Waals surface area contributed by atoms with E-state index in [4.69, 9.17) is 5.11 Å². The maximum absolute atomic E-state index is 12.6. The summed E-state index contributed by atoms with van der Waals surface area (Å²) in [6.07, 6.45) is 0.0575. The summed E-state index contributed by atoms with van der Waals surface area (Å²) < 4.78 is 0. The van der Waals surface area contributed by atoms with Crippen molar-refractivity contribution in [2.45, 2.75) is 29.1 Å². The van der Waals surface area contributed by atoms with Gasteiger partial charge in [0.25, 0.3) is 5.69 Å². The van der Waals surface area contributed by atoms with E-state index in [0.29, 0.717) is 16.7 Å². The van der Waals surface area contributed by atoms with Crippen LogP contribution in [-0.2, 0) is 11.2 Å². The summed E-state index contributed by atoms with van der Waals surface area (Å²) in [7, 11) is 0. The maximum Gasteiger partial charge on any atom is 0.310 e. The minimum absolute atomic E-state index is 0.0479. The Balaban J connectivity index is 2.04. The second-order valence-electron chi connectivity index (χ2n) is 5.57. The molecule has 0 saturated carbocycles. The fraction of sp³-hybridized carbons (Fsp3) is 0.176. The summed E-state index contributed by atoms with van der Waals surface area (Å²) in [6, 6.07) is 9.55. The van der Waals surface area contributed by atoms with E-state index in [9.17, 15) is 19.7 Å². The van der Waals surface area contributed by atoms with E-state index >= 15 is 0 Å². The molecule has 7 heteroatoms. The fourth-order valence-corrected chi connectivity index (χ4v) is 3.62. The Bertz CT molecular complexity index is 877. The topological polar surface area (TPSA) is 97.5 Å². The number of carboxylic acid groups (broad SMARTS) is 1. The van der Waals surface area contributed by atoms with Gasteiger partial charge in [-0.15, -0.1) is 0 Å². The molecule has 0 amide bonds. The lowest BCUT2D eigenvalue weighted by molar-refractivity contribution is -0.385. The Kier molecular flexibility index (Phi) is 4.11. The molecule has 6 nitrogen and oxygen atoms in total. The predicted molar refractivity (Wildman–Crippen MR) is 87.7 cm³/mol. The van der Waals surface area contributed by atoms with Crippen LogP contribution in [0.4, 0.5) is 5.69 Å². The second-order valence-corrected chi connectivity index (χ2v) is 6.65. The number of carbonyl (C=O) groups is 2. The lowest BCUT2D eigenvalue weighted by Gasteiger charge is -2.10. The molecule has 1 atom stereocenters. The molecule has 0 spiro atoms. The van der Waals surface area contributed by atoms with E-state index in [1.54, 1.807) is 31.2 Å². The summed E-state index contributed by atoms with van der Waals surface area (Å²) in [5.41, 5.74) is 1.59. The highest BCUT2D eigenvalue weighted by Crippen LogP contribution is 2.39. The normalized spacial score (nSPS) is 14.3. The van der Waals surface area contributed by atoms with E-state index in [0.717, 1.165) is 9.79 Å².